The lowest BCUT2D eigenvalue weighted by atomic mass is 9.48. The molecular weight excluding hydrogens is 457 g/mol. The molecule has 0 saturated heterocycles. The summed E-state index contributed by atoms with van der Waals surface area (Å²) in [4.78, 5) is 17.7. The van der Waals surface area contributed by atoms with Gasteiger partial charge in [-0.1, -0.05) is 51.0 Å². The average molecular weight is 499 g/mol. The fraction of sp³-hybridized carbons (Fsp3) is 0.778. The molecule has 4 bridgehead atoms. The van der Waals surface area contributed by atoms with E-state index >= 15 is 4.39 Å². The van der Waals surface area contributed by atoms with Gasteiger partial charge in [0.1, 0.15) is 0 Å². The molecule has 34 heavy (non-hydrogen) atoms. The quantitative estimate of drug-likeness (QED) is 0.206. The minimum atomic E-state index is -3.84. The molecule has 192 valence electrons. The van der Waals surface area contributed by atoms with Gasteiger partial charge in [-0.25, -0.2) is 4.39 Å². The Morgan fingerprint density at radius 2 is 1.29 bits per heavy atom. The number of hydrogen-bond donors (Lipinski definition) is 2. The van der Waals surface area contributed by atoms with Gasteiger partial charge >= 0.3 is 7.60 Å². The van der Waals surface area contributed by atoms with Crippen molar-refractivity contribution in [3.8, 4) is 5.75 Å². The highest BCUT2D eigenvalue weighted by Crippen LogP contribution is 2.61. The van der Waals surface area contributed by atoms with E-state index < -0.39 is 19.2 Å². The van der Waals surface area contributed by atoms with Gasteiger partial charge < -0.3 is 14.5 Å². The van der Waals surface area contributed by atoms with Crippen LogP contribution in [0.5, 0.6) is 5.75 Å². The fourth-order valence-electron chi connectivity index (χ4n) is 7.33. The summed E-state index contributed by atoms with van der Waals surface area (Å²) in [5.74, 6) is 0.626. The normalized spacial score (nSPS) is 27.9. The van der Waals surface area contributed by atoms with Gasteiger partial charge in [0.25, 0.3) is 0 Å². The molecule has 4 fully saturated rings. The van der Waals surface area contributed by atoms with Gasteiger partial charge in [0.15, 0.2) is 11.6 Å². The van der Waals surface area contributed by atoms with Gasteiger partial charge in [-0.05, 0) is 86.2 Å². The SMILES string of the molecule is O=P(O)(O)CCCCCCCCCCCOc1ccc(C23CC4CC(CC(C4)C2)C3)c(F)c1F. The summed E-state index contributed by atoms with van der Waals surface area (Å²) in [6.45, 7) is 0.398. The summed E-state index contributed by atoms with van der Waals surface area (Å²) < 4.78 is 46.4. The summed E-state index contributed by atoms with van der Waals surface area (Å²) >= 11 is 0. The lowest BCUT2D eigenvalue weighted by molar-refractivity contribution is -0.00708. The van der Waals surface area contributed by atoms with Crippen LogP contribution < -0.4 is 4.74 Å². The molecule has 2 N–H and O–H groups in total. The first-order chi connectivity index (χ1) is 16.3. The topological polar surface area (TPSA) is 66.8 Å². The zero-order chi connectivity index (χ0) is 24.2. The minimum Gasteiger partial charge on any atom is -0.490 e. The zero-order valence-corrected chi connectivity index (χ0v) is 21.2. The Labute approximate surface area is 203 Å². The highest BCUT2D eigenvalue weighted by atomic mass is 31.2. The molecule has 0 unspecified atom stereocenters. The van der Waals surface area contributed by atoms with Gasteiger partial charge in [-0.2, -0.15) is 4.39 Å². The summed E-state index contributed by atoms with van der Waals surface area (Å²) in [6.07, 6.45) is 15.5. The fourth-order valence-corrected chi connectivity index (χ4v) is 7.97. The van der Waals surface area contributed by atoms with E-state index in [0.717, 1.165) is 70.6 Å². The third-order valence-corrected chi connectivity index (χ3v) is 9.41. The molecule has 0 atom stereocenters. The van der Waals surface area contributed by atoms with Crippen LogP contribution in [0.4, 0.5) is 8.78 Å². The number of halogens is 2. The minimum absolute atomic E-state index is 0.0114. The average Bonchev–Trinajstić information content (AvgIpc) is 2.75. The molecular formula is C27H41F2O4P. The maximum Gasteiger partial charge on any atom is 0.325 e. The van der Waals surface area contributed by atoms with Crippen molar-refractivity contribution in [2.24, 2.45) is 17.8 Å². The van der Waals surface area contributed by atoms with Crippen LogP contribution in [0, 0.1) is 29.4 Å². The molecule has 4 aliphatic rings. The summed E-state index contributed by atoms with van der Waals surface area (Å²) in [5, 5.41) is 0. The van der Waals surface area contributed by atoms with E-state index in [1.807, 2.05) is 0 Å². The molecule has 0 spiro atoms. The smallest absolute Gasteiger partial charge is 0.325 e. The van der Waals surface area contributed by atoms with Crippen LogP contribution in [0.3, 0.4) is 0 Å². The first kappa shape index (κ1) is 26.1. The maximum absolute atomic E-state index is 15.2. The number of hydrogen-bond acceptors (Lipinski definition) is 2. The molecule has 0 heterocycles. The lowest BCUT2D eigenvalue weighted by Crippen LogP contribution is -2.49. The molecule has 0 amide bonds. The molecule has 7 heteroatoms. The first-order valence-electron chi connectivity index (χ1n) is 13.4. The first-order valence-corrected chi connectivity index (χ1v) is 15.2. The monoisotopic (exact) mass is 498 g/mol. The molecule has 1 aromatic carbocycles. The largest absolute Gasteiger partial charge is 0.490 e. The highest BCUT2D eigenvalue weighted by Gasteiger charge is 2.52. The lowest BCUT2D eigenvalue weighted by Gasteiger charge is -2.57. The van der Waals surface area contributed by atoms with E-state index in [1.54, 1.807) is 12.1 Å². The Balaban J connectivity index is 1.13. The van der Waals surface area contributed by atoms with Crippen molar-refractivity contribution in [3.63, 3.8) is 0 Å². The van der Waals surface area contributed by atoms with Crippen LogP contribution in [-0.2, 0) is 9.98 Å². The Hall–Kier alpha value is -0.970. The Kier molecular flexibility index (Phi) is 8.75. The second-order valence-electron chi connectivity index (χ2n) is 11.4. The molecule has 5 rings (SSSR count). The van der Waals surface area contributed by atoms with E-state index in [2.05, 4.69) is 0 Å². The molecule has 0 radical (unpaired) electrons. The van der Waals surface area contributed by atoms with Crippen LogP contribution in [0.1, 0.15) is 102 Å². The Morgan fingerprint density at radius 3 is 1.82 bits per heavy atom. The highest BCUT2D eigenvalue weighted by molar-refractivity contribution is 7.51. The molecule has 0 aliphatic heterocycles. The number of unbranched alkanes of at least 4 members (excludes halogenated alkanes) is 8. The third kappa shape index (κ3) is 6.62. The predicted molar refractivity (Wildman–Crippen MR) is 130 cm³/mol. The van der Waals surface area contributed by atoms with Crippen LogP contribution in [0.2, 0.25) is 0 Å². The standard InChI is InChI=1S/C27H41F2O4P/c28-25-23(27-17-20-14-21(18-27)16-22(15-20)19-27)10-11-24(26(25)29)33-12-8-6-4-2-1-3-5-7-9-13-34(30,31)32/h10-11,20-22H,1-9,12-19H2,(H2,30,31,32). The van der Waals surface area contributed by atoms with Crippen LogP contribution >= 0.6 is 7.60 Å². The van der Waals surface area contributed by atoms with Gasteiger partial charge in [-0.15, -0.1) is 0 Å². The van der Waals surface area contributed by atoms with Crippen molar-refractivity contribution in [1.29, 1.82) is 0 Å². The van der Waals surface area contributed by atoms with Gasteiger partial charge in [0.05, 0.1) is 6.61 Å². The van der Waals surface area contributed by atoms with Crippen LogP contribution in [0.25, 0.3) is 0 Å². The number of rotatable bonds is 14. The van der Waals surface area contributed by atoms with Crippen molar-refractivity contribution >= 4 is 7.60 Å². The molecule has 4 saturated carbocycles. The van der Waals surface area contributed by atoms with E-state index in [4.69, 9.17) is 14.5 Å². The van der Waals surface area contributed by atoms with Crippen molar-refractivity contribution in [2.45, 2.75) is 102 Å². The maximum atomic E-state index is 15.2. The molecule has 0 aromatic heterocycles. The Bertz CT molecular complexity index is 833. The molecule has 4 nitrogen and oxygen atoms in total. The number of ether oxygens (including phenoxy) is 1. The summed E-state index contributed by atoms with van der Waals surface area (Å²) in [6, 6.07) is 3.46. The molecule has 1 aromatic rings. The second-order valence-corrected chi connectivity index (χ2v) is 13.1. The molecule has 4 aliphatic carbocycles. The van der Waals surface area contributed by atoms with Crippen LogP contribution in [-0.4, -0.2) is 22.6 Å². The van der Waals surface area contributed by atoms with E-state index in [1.165, 1.54) is 19.3 Å². The van der Waals surface area contributed by atoms with Crippen molar-refractivity contribution < 1.29 is 27.9 Å². The Morgan fingerprint density at radius 1 is 0.794 bits per heavy atom. The van der Waals surface area contributed by atoms with E-state index in [9.17, 15) is 8.96 Å². The predicted octanol–water partition coefficient (Wildman–Crippen LogP) is 7.50. The van der Waals surface area contributed by atoms with Crippen molar-refractivity contribution in [3.05, 3.63) is 29.3 Å². The zero-order valence-electron chi connectivity index (χ0n) is 20.3. The summed E-state index contributed by atoms with van der Waals surface area (Å²) in [5.41, 5.74) is 0.441. The van der Waals surface area contributed by atoms with Gasteiger partial charge in [0.2, 0.25) is 5.82 Å². The van der Waals surface area contributed by atoms with E-state index in [-0.39, 0.29) is 17.3 Å². The number of benzene rings is 1. The van der Waals surface area contributed by atoms with Crippen LogP contribution in [0.15, 0.2) is 12.1 Å². The van der Waals surface area contributed by atoms with E-state index in [0.29, 0.717) is 36.3 Å². The van der Waals surface area contributed by atoms with Crippen molar-refractivity contribution in [1.82, 2.24) is 0 Å². The second kappa shape index (κ2) is 11.4. The van der Waals surface area contributed by atoms with Gasteiger partial charge in [0, 0.05) is 6.16 Å². The van der Waals surface area contributed by atoms with Crippen molar-refractivity contribution in [2.75, 3.05) is 12.8 Å². The third-order valence-electron chi connectivity index (χ3n) is 8.51. The summed E-state index contributed by atoms with van der Waals surface area (Å²) in [7, 11) is -3.84. The van der Waals surface area contributed by atoms with Gasteiger partial charge in [-0.3, -0.25) is 4.57 Å².